The quantitative estimate of drug-likeness (QED) is 0.0264. The number of unbranched alkanes of at least 4 members (excludes halogenated alkanes) is 37. The van der Waals surface area contributed by atoms with E-state index in [0.29, 0.717) is 6.42 Å². The van der Waals surface area contributed by atoms with Crippen molar-refractivity contribution in [2.24, 2.45) is 5.73 Å². The highest BCUT2D eigenvalue weighted by Crippen LogP contribution is 2.43. The van der Waals surface area contributed by atoms with Gasteiger partial charge in [-0.25, -0.2) is 4.57 Å². The van der Waals surface area contributed by atoms with Gasteiger partial charge in [0.05, 0.1) is 13.2 Å². The first-order valence-corrected chi connectivity index (χ1v) is 40.2. The molecule has 3 N–H and O–H groups in total. The fraction of sp³-hybridized carbons (Fsp3) is 0.711. The predicted octanol–water partition coefficient (Wildman–Crippen LogP) is 26.0. The lowest BCUT2D eigenvalue weighted by molar-refractivity contribution is -0.161. The summed E-state index contributed by atoms with van der Waals surface area (Å²) in [5.74, 6) is -0.875. The van der Waals surface area contributed by atoms with E-state index in [2.05, 4.69) is 148 Å². The molecular weight excluding hydrogens is 1170 g/mol. The Kier molecular flexibility index (Phi) is 74.0. The number of phosphoric acid groups is 1. The maximum atomic E-state index is 12.8. The highest BCUT2D eigenvalue weighted by atomic mass is 31.2. The molecule has 534 valence electrons. The van der Waals surface area contributed by atoms with Gasteiger partial charge in [0.15, 0.2) is 6.10 Å². The first-order valence-electron chi connectivity index (χ1n) is 38.7. The van der Waals surface area contributed by atoms with E-state index >= 15 is 0 Å². The summed E-state index contributed by atoms with van der Waals surface area (Å²) < 4.78 is 33.2. The molecule has 0 fully saturated rings. The Morgan fingerprint density at radius 3 is 0.914 bits per heavy atom. The number of carbonyl (C=O) groups is 2. The van der Waals surface area contributed by atoms with Gasteiger partial charge in [-0.3, -0.25) is 18.6 Å². The second kappa shape index (κ2) is 77.2. The Labute approximate surface area is 574 Å². The van der Waals surface area contributed by atoms with Crippen molar-refractivity contribution in [3.63, 3.8) is 0 Å². The van der Waals surface area contributed by atoms with Crippen molar-refractivity contribution in [2.45, 2.75) is 354 Å². The Morgan fingerprint density at radius 2 is 0.591 bits per heavy atom. The third-order valence-electron chi connectivity index (χ3n) is 16.5. The minimum atomic E-state index is -4.42. The Balaban J connectivity index is 3.90. The monoisotopic (exact) mass is 1310 g/mol. The molecule has 2 unspecified atom stereocenters. The molecule has 0 aromatic carbocycles. The van der Waals surface area contributed by atoms with Crippen molar-refractivity contribution in [3.8, 4) is 0 Å². The number of carbonyl (C=O) groups excluding carboxylic acids is 2. The molecule has 10 heteroatoms. The van der Waals surface area contributed by atoms with E-state index in [1.54, 1.807) is 0 Å². The molecular formula is C83H144NO8P. The molecule has 0 aliphatic rings. The summed E-state index contributed by atoms with van der Waals surface area (Å²) in [5, 5.41) is 0. The molecule has 93 heavy (non-hydrogen) atoms. The van der Waals surface area contributed by atoms with Gasteiger partial charge in [-0.1, -0.05) is 353 Å². The van der Waals surface area contributed by atoms with Crippen LogP contribution in [0, 0.1) is 0 Å². The van der Waals surface area contributed by atoms with Crippen molar-refractivity contribution >= 4 is 19.8 Å². The molecule has 0 saturated heterocycles. The van der Waals surface area contributed by atoms with Gasteiger partial charge in [0.25, 0.3) is 0 Å². The average Bonchev–Trinajstić information content (AvgIpc) is 3.32. The summed E-state index contributed by atoms with van der Waals surface area (Å²) in [6, 6.07) is 0. The number of ether oxygens (including phenoxy) is 2. The van der Waals surface area contributed by atoms with E-state index in [0.717, 1.165) is 96.3 Å². The Hall–Kier alpha value is -3.85. The molecule has 9 nitrogen and oxygen atoms in total. The third kappa shape index (κ3) is 77.0. The molecule has 0 aliphatic carbocycles. The SMILES string of the molecule is CC/C=C\C/C=C\C/C=C\C/C=C\C/C=C\C/C=C\C/C=C\C/C=C\C/C=C\C/C=C\CCCCC(=O)OC(COC(=O)CCCCCCCCCCCCCCCCCCCCCCCCCCCCC/C=C\CCCCCCCCCC)COP(=O)(O)OCCN. The second-order valence-electron chi connectivity index (χ2n) is 25.5. The number of esters is 2. The van der Waals surface area contributed by atoms with Crippen molar-refractivity contribution in [1.29, 1.82) is 0 Å². The first kappa shape index (κ1) is 89.2. The average molecular weight is 1320 g/mol. The lowest BCUT2D eigenvalue weighted by Crippen LogP contribution is -2.29. The molecule has 0 aliphatic heterocycles. The molecule has 0 aromatic rings. The van der Waals surface area contributed by atoms with Gasteiger partial charge in [-0.05, 0) is 116 Å². The van der Waals surface area contributed by atoms with Crippen LogP contribution in [0.5, 0.6) is 0 Å². The van der Waals surface area contributed by atoms with E-state index in [1.807, 2.05) is 0 Å². The topological polar surface area (TPSA) is 134 Å². The van der Waals surface area contributed by atoms with Crippen LogP contribution in [0.2, 0.25) is 0 Å². The lowest BCUT2D eigenvalue weighted by atomic mass is 10.0. The molecule has 0 saturated carbocycles. The van der Waals surface area contributed by atoms with Gasteiger partial charge < -0.3 is 20.1 Å². The Bertz CT molecular complexity index is 1990. The number of nitrogens with two attached hydrogens (primary N) is 1. The van der Waals surface area contributed by atoms with Crippen molar-refractivity contribution < 1.29 is 37.6 Å². The fourth-order valence-electron chi connectivity index (χ4n) is 10.8. The third-order valence-corrected chi connectivity index (χ3v) is 17.5. The van der Waals surface area contributed by atoms with Crippen LogP contribution in [0.25, 0.3) is 0 Å². The zero-order chi connectivity index (χ0) is 67.2. The zero-order valence-electron chi connectivity index (χ0n) is 60.2. The summed E-state index contributed by atoms with van der Waals surface area (Å²) in [4.78, 5) is 35.4. The maximum Gasteiger partial charge on any atom is 0.472 e. The molecule has 0 heterocycles. The molecule has 0 bridgehead atoms. The lowest BCUT2D eigenvalue weighted by Gasteiger charge is -2.19. The number of hydrogen-bond acceptors (Lipinski definition) is 8. The van der Waals surface area contributed by atoms with Crippen LogP contribution in [-0.4, -0.2) is 49.3 Å². The van der Waals surface area contributed by atoms with Crippen LogP contribution >= 0.6 is 7.82 Å². The summed E-state index contributed by atoms with van der Waals surface area (Å²) >= 11 is 0. The largest absolute Gasteiger partial charge is 0.472 e. The van der Waals surface area contributed by atoms with Crippen molar-refractivity contribution in [3.05, 3.63) is 134 Å². The van der Waals surface area contributed by atoms with Gasteiger partial charge in [0, 0.05) is 19.4 Å². The van der Waals surface area contributed by atoms with Gasteiger partial charge in [0.1, 0.15) is 6.61 Å². The summed E-state index contributed by atoms with van der Waals surface area (Å²) in [6.07, 6.45) is 110. The van der Waals surface area contributed by atoms with Crippen LogP contribution in [0.1, 0.15) is 348 Å². The fourth-order valence-corrected chi connectivity index (χ4v) is 11.6. The summed E-state index contributed by atoms with van der Waals surface area (Å²) in [7, 11) is -4.42. The van der Waals surface area contributed by atoms with Crippen LogP contribution < -0.4 is 5.73 Å². The normalized spacial score (nSPS) is 13.6. The molecule has 2 atom stereocenters. The number of hydrogen-bond donors (Lipinski definition) is 2. The van der Waals surface area contributed by atoms with E-state index in [4.69, 9.17) is 24.3 Å². The first-order chi connectivity index (χ1) is 45.8. The Morgan fingerprint density at radius 1 is 0.333 bits per heavy atom. The van der Waals surface area contributed by atoms with Gasteiger partial charge in [-0.15, -0.1) is 0 Å². The van der Waals surface area contributed by atoms with Crippen molar-refractivity contribution in [2.75, 3.05) is 26.4 Å². The van der Waals surface area contributed by atoms with Crippen LogP contribution in [0.4, 0.5) is 0 Å². The molecule has 0 spiro atoms. The standard InChI is InChI=1S/C83H144NO8P/c1-3-5-7-9-11-13-15-17-19-21-23-25-27-29-31-33-35-37-38-39-40-41-42-44-45-47-49-51-53-55-57-59-61-63-65-67-69-71-73-75-82(85)89-79-81(80-91-93(87,88)90-78-77-84)92-83(86)76-74-72-70-68-66-64-62-60-58-56-54-52-50-48-46-43-36-34-32-30-28-26-24-22-20-18-16-14-12-10-8-6-4-2/h6,8,12,14,18,20-21,23-24,26,30,32,36,43,48,50,54,56,60,62,66,68,81H,3-5,7,9-11,13,15-17,19,22,25,27-29,31,33-35,37-42,44-47,49,51-53,55,57-59,61,63-65,67,69-80,84H2,1-2H3,(H,87,88)/b8-6-,14-12-,20-18-,23-21-,26-24-,32-30-,43-36-,50-48-,56-54-,62-60-,68-66-. The summed E-state index contributed by atoms with van der Waals surface area (Å²) in [5.41, 5.74) is 5.40. The van der Waals surface area contributed by atoms with E-state index in [9.17, 15) is 19.0 Å². The maximum absolute atomic E-state index is 12.8. The second-order valence-corrected chi connectivity index (χ2v) is 26.9. The molecule has 0 rings (SSSR count). The minimum absolute atomic E-state index is 0.0406. The van der Waals surface area contributed by atoms with Crippen LogP contribution in [0.15, 0.2) is 134 Å². The summed E-state index contributed by atoms with van der Waals surface area (Å²) in [6.45, 7) is 3.61. The van der Waals surface area contributed by atoms with Gasteiger partial charge >= 0.3 is 19.8 Å². The number of allylic oxidation sites excluding steroid dienone is 22. The molecule has 0 amide bonds. The van der Waals surface area contributed by atoms with Gasteiger partial charge in [-0.2, -0.15) is 0 Å². The van der Waals surface area contributed by atoms with E-state index < -0.39 is 32.5 Å². The molecule has 0 aromatic heterocycles. The minimum Gasteiger partial charge on any atom is -0.462 e. The highest BCUT2D eigenvalue weighted by Gasteiger charge is 2.26. The number of phosphoric ester groups is 1. The smallest absolute Gasteiger partial charge is 0.462 e. The zero-order valence-corrected chi connectivity index (χ0v) is 61.1. The van der Waals surface area contributed by atoms with Crippen molar-refractivity contribution in [1.82, 2.24) is 0 Å². The van der Waals surface area contributed by atoms with E-state index in [-0.39, 0.29) is 32.6 Å². The van der Waals surface area contributed by atoms with Crippen LogP contribution in [0.3, 0.4) is 0 Å². The molecule has 0 radical (unpaired) electrons. The van der Waals surface area contributed by atoms with Crippen LogP contribution in [-0.2, 0) is 32.7 Å². The highest BCUT2D eigenvalue weighted by molar-refractivity contribution is 7.47. The van der Waals surface area contributed by atoms with Gasteiger partial charge in [0.2, 0.25) is 0 Å². The number of rotatable bonds is 72. The predicted molar refractivity (Wildman–Crippen MR) is 404 cm³/mol. The van der Waals surface area contributed by atoms with E-state index in [1.165, 1.54) is 218 Å².